The van der Waals surface area contributed by atoms with Crippen LogP contribution in [0.5, 0.6) is 0 Å². The van der Waals surface area contributed by atoms with Crippen LogP contribution in [0.4, 0.5) is 0 Å². The van der Waals surface area contributed by atoms with Crippen molar-refractivity contribution in [3.8, 4) is 0 Å². The van der Waals surface area contributed by atoms with E-state index in [2.05, 4.69) is 0 Å². The lowest BCUT2D eigenvalue weighted by atomic mass is 10.1. The van der Waals surface area contributed by atoms with E-state index in [1.54, 1.807) is 0 Å². The Morgan fingerprint density at radius 3 is 2.77 bits per heavy atom. The Labute approximate surface area is 76.8 Å². The van der Waals surface area contributed by atoms with Gasteiger partial charge in [-0.2, -0.15) is 0 Å². The molecule has 5 nitrogen and oxygen atoms in total. The lowest BCUT2D eigenvalue weighted by Crippen LogP contribution is -2.49. The summed E-state index contributed by atoms with van der Waals surface area (Å²) >= 11 is 0. The number of fused-ring (bicyclic) bond motifs is 1. The zero-order valence-corrected chi connectivity index (χ0v) is 7.77. The summed E-state index contributed by atoms with van der Waals surface area (Å²) in [6.45, 7) is 3.62. The zero-order valence-electron chi connectivity index (χ0n) is 7.77. The van der Waals surface area contributed by atoms with E-state index in [0.29, 0.717) is 6.42 Å². The fourth-order valence-corrected chi connectivity index (χ4v) is 1.83. The van der Waals surface area contributed by atoms with Crippen LogP contribution in [0.3, 0.4) is 0 Å². The second-order valence-electron chi connectivity index (χ2n) is 3.94. The van der Waals surface area contributed by atoms with Gasteiger partial charge in [0.25, 0.3) is 0 Å². The molecule has 3 N–H and O–H groups in total. The van der Waals surface area contributed by atoms with Gasteiger partial charge in [0.2, 0.25) is 0 Å². The first kappa shape index (κ1) is 9.36. The Hall–Kier alpha value is -0.200. The molecule has 2 aliphatic rings. The van der Waals surface area contributed by atoms with E-state index in [1.165, 1.54) is 0 Å². The van der Waals surface area contributed by atoms with Gasteiger partial charge in [0, 0.05) is 6.42 Å². The smallest absolute Gasteiger partial charge is 0.185 e. The van der Waals surface area contributed by atoms with Crippen molar-refractivity contribution in [1.29, 1.82) is 0 Å². The molecule has 0 radical (unpaired) electrons. The Morgan fingerprint density at radius 2 is 2.08 bits per heavy atom. The normalized spacial score (nSPS) is 48.9. The fourth-order valence-electron chi connectivity index (χ4n) is 1.83. The molecular formula is C8H15NO4. The lowest BCUT2D eigenvalue weighted by molar-refractivity contribution is -0.228. The molecule has 76 valence electrons. The molecule has 0 bridgehead atoms. The average molecular weight is 189 g/mol. The molecule has 0 saturated carbocycles. The first-order valence-electron chi connectivity index (χ1n) is 4.43. The average Bonchev–Trinajstić information content (AvgIpc) is 2.23. The van der Waals surface area contributed by atoms with Gasteiger partial charge in [-0.05, 0) is 13.8 Å². The molecule has 2 aliphatic heterocycles. The van der Waals surface area contributed by atoms with Crippen LogP contribution in [-0.2, 0) is 14.2 Å². The SMILES string of the molecule is CC1(C)OC2C[C@@H](N)OC(O)C2O1. The van der Waals surface area contributed by atoms with Gasteiger partial charge in [-0.25, -0.2) is 0 Å². The van der Waals surface area contributed by atoms with Gasteiger partial charge in [0.05, 0.1) is 6.10 Å². The van der Waals surface area contributed by atoms with E-state index in [-0.39, 0.29) is 6.10 Å². The highest BCUT2D eigenvalue weighted by molar-refractivity contribution is 4.87. The molecule has 2 fully saturated rings. The maximum Gasteiger partial charge on any atom is 0.185 e. The first-order chi connectivity index (χ1) is 5.98. The van der Waals surface area contributed by atoms with E-state index < -0.39 is 24.4 Å². The van der Waals surface area contributed by atoms with Crippen molar-refractivity contribution in [1.82, 2.24) is 0 Å². The second kappa shape index (κ2) is 2.90. The minimum absolute atomic E-state index is 0.159. The Bertz CT molecular complexity index is 208. The molecule has 2 saturated heterocycles. The summed E-state index contributed by atoms with van der Waals surface area (Å²) in [5, 5.41) is 9.47. The minimum atomic E-state index is -0.976. The van der Waals surface area contributed by atoms with Crippen LogP contribution in [-0.4, -0.2) is 35.6 Å². The molecule has 0 aromatic carbocycles. The van der Waals surface area contributed by atoms with Crippen LogP contribution in [0, 0.1) is 0 Å². The van der Waals surface area contributed by atoms with Crippen molar-refractivity contribution in [3.05, 3.63) is 0 Å². The molecule has 13 heavy (non-hydrogen) atoms. The maximum atomic E-state index is 9.47. The summed E-state index contributed by atoms with van der Waals surface area (Å²) in [6.07, 6.45) is -1.45. The largest absolute Gasteiger partial charge is 0.366 e. The zero-order chi connectivity index (χ0) is 9.64. The van der Waals surface area contributed by atoms with Gasteiger partial charge in [-0.15, -0.1) is 0 Å². The van der Waals surface area contributed by atoms with Gasteiger partial charge in [0.1, 0.15) is 12.3 Å². The third-order valence-corrected chi connectivity index (χ3v) is 2.28. The van der Waals surface area contributed by atoms with Crippen LogP contribution in [0.15, 0.2) is 0 Å². The highest BCUT2D eigenvalue weighted by Gasteiger charge is 2.49. The Morgan fingerprint density at radius 1 is 1.38 bits per heavy atom. The summed E-state index contributed by atoms with van der Waals surface area (Å²) in [5.74, 6) is -0.649. The molecule has 0 amide bonds. The van der Waals surface area contributed by atoms with E-state index >= 15 is 0 Å². The molecule has 2 rings (SSSR count). The summed E-state index contributed by atoms with van der Waals surface area (Å²) in [6, 6.07) is 0. The molecule has 5 heteroatoms. The van der Waals surface area contributed by atoms with Gasteiger partial charge in [-0.3, -0.25) is 0 Å². The molecule has 0 aliphatic carbocycles. The van der Waals surface area contributed by atoms with Crippen LogP contribution in [0.1, 0.15) is 20.3 Å². The Kier molecular flexibility index (Phi) is 2.08. The van der Waals surface area contributed by atoms with Gasteiger partial charge in [-0.1, -0.05) is 0 Å². The van der Waals surface area contributed by atoms with E-state index in [4.69, 9.17) is 19.9 Å². The number of hydrogen-bond donors (Lipinski definition) is 2. The second-order valence-corrected chi connectivity index (χ2v) is 3.94. The summed E-state index contributed by atoms with van der Waals surface area (Å²) in [5.41, 5.74) is 5.55. The van der Waals surface area contributed by atoms with Crippen LogP contribution >= 0.6 is 0 Å². The number of aliphatic hydroxyl groups is 1. The molecule has 0 aromatic rings. The third kappa shape index (κ3) is 1.70. The summed E-state index contributed by atoms with van der Waals surface area (Å²) in [4.78, 5) is 0. The highest BCUT2D eigenvalue weighted by atomic mass is 16.8. The van der Waals surface area contributed by atoms with E-state index in [0.717, 1.165) is 0 Å². The molecular weight excluding hydrogens is 174 g/mol. The maximum absolute atomic E-state index is 9.47. The molecule has 2 heterocycles. The van der Waals surface area contributed by atoms with Crippen molar-refractivity contribution in [3.63, 3.8) is 0 Å². The number of aliphatic hydroxyl groups excluding tert-OH is 1. The molecule has 0 spiro atoms. The monoisotopic (exact) mass is 189 g/mol. The van der Waals surface area contributed by atoms with E-state index in [1.807, 2.05) is 13.8 Å². The highest BCUT2D eigenvalue weighted by Crippen LogP contribution is 2.35. The number of hydrogen-bond acceptors (Lipinski definition) is 5. The van der Waals surface area contributed by atoms with E-state index in [9.17, 15) is 5.11 Å². The van der Waals surface area contributed by atoms with Crippen molar-refractivity contribution in [2.24, 2.45) is 5.73 Å². The van der Waals surface area contributed by atoms with Crippen molar-refractivity contribution < 1.29 is 19.3 Å². The number of ether oxygens (including phenoxy) is 3. The predicted molar refractivity (Wildman–Crippen MR) is 43.5 cm³/mol. The molecule has 4 atom stereocenters. The van der Waals surface area contributed by atoms with Gasteiger partial charge in [0.15, 0.2) is 12.1 Å². The molecule has 3 unspecified atom stereocenters. The minimum Gasteiger partial charge on any atom is -0.366 e. The predicted octanol–water partition coefficient (Wildman–Crippen LogP) is -0.470. The van der Waals surface area contributed by atoms with Crippen molar-refractivity contribution in [2.75, 3.05) is 0 Å². The molecule has 0 aromatic heterocycles. The number of nitrogens with two attached hydrogens (primary N) is 1. The summed E-state index contributed by atoms with van der Waals surface area (Å²) in [7, 11) is 0. The fraction of sp³-hybridized carbons (Fsp3) is 1.00. The Balaban J connectivity index is 2.10. The van der Waals surface area contributed by atoms with Gasteiger partial charge >= 0.3 is 0 Å². The van der Waals surface area contributed by atoms with Gasteiger partial charge < -0.3 is 25.1 Å². The third-order valence-electron chi connectivity index (χ3n) is 2.28. The topological polar surface area (TPSA) is 73.9 Å². The van der Waals surface area contributed by atoms with Crippen molar-refractivity contribution in [2.45, 2.75) is 50.8 Å². The number of rotatable bonds is 0. The lowest BCUT2D eigenvalue weighted by Gasteiger charge is -2.31. The van der Waals surface area contributed by atoms with Crippen LogP contribution in [0.25, 0.3) is 0 Å². The summed E-state index contributed by atoms with van der Waals surface area (Å²) < 4.78 is 16.0. The van der Waals surface area contributed by atoms with Crippen LogP contribution < -0.4 is 5.73 Å². The van der Waals surface area contributed by atoms with Crippen LogP contribution in [0.2, 0.25) is 0 Å². The van der Waals surface area contributed by atoms with Crippen molar-refractivity contribution >= 4 is 0 Å². The standard InChI is InChI=1S/C8H15NO4/c1-8(2)12-4-3-5(9)11-7(10)6(4)13-8/h4-7,10H,3,9H2,1-2H3/t4?,5-,6?,7?/m0/s1. The first-order valence-corrected chi connectivity index (χ1v) is 4.43. The quantitative estimate of drug-likeness (QED) is 0.539.